The lowest BCUT2D eigenvalue weighted by molar-refractivity contribution is -0.389. The fourth-order valence-electron chi connectivity index (χ4n) is 1.07. The molecule has 0 aromatic carbocycles. The van der Waals surface area contributed by atoms with Crippen molar-refractivity contribution in [3.8, 4) is 0 Å². The van der Waals surface area contributed by atoms with Crippen LogP contribution in [0, 0.1) is 16.0 Å². The molecule has 0 amide bonds. The molecule has 1 rings (SSSR count). The lowest BCUT2D eigenvalue weighted by atomic mass is 10.1. The standard InChI is InChI=1S/C7H6F3N3O4/c8-7(9,10)4(6(14)15)1-12-2-5(11-3-12)13(16)17/h2-4H,1H2,(H,14,15). The second-order valence-corrected chi connectivity index (χ2v) is 3.12. The highest BCUT2D eigenvalue weighted by atomic mass is 19.4. The van der Waals surface area contributed by atoms with E-state index in [1.807, 2.05) is 0 Å². The molecule has 0 saturated carbocycles. The zero-order valence-corrected chi connectivity index (χ0v) is 8.09. The first-order valence-electron chi connectivity index (χ1n) is 4.17. The Morgan fingerprint density at radius 3 is 2.59 bits per heavy atom. The second-order valence-electron chi connectivity index (χ2n) is 3.12. The maximum Gasteiger partial charge on any atom is 0.403 e. The zero-order valence-electron chi connectivity index (χ0n) is 8.09. The molecular formula is C7H6F3N3O4. The number of rotatable bonds is 4. The average molecular weight is 253 g/mol. The smallest absolute Gasteiger partial charge is 0.403 e. The van der Waals surface area contributed by atoms with Gasteiger partial charge in [0.05, 0.1) is 0 Å². The molecule has 1 unspecified atom stereocenters. The minimum absolute atomic E-state index is 0.642. The summed E-state index contributed by atoms with van der Waals surface area (Å²) < 4.78 is 37.5. The van der Waals surface area contributed by atoms with E-state index in [9.17, 15) is 28.1 Å². The molecule has 94 valence electrons. The van der Waals surface area contributed by atoms with Crippen LogP contribution in [0.5, 0.6) is 0 Å². The van der Waals surface area contributed by atoms with Crippen molar-refractivity contribution >= 4 is 11.8 Å². The fourth-order valence-corrected chi connectivity index (χ4v) is 1.07. The Bertz CT molecular complexity index is 442. The van der Waals surface area contributed by atoms with Crippen LogP contribution in [-0.4, -0.2) is 31.7 Å². The third-order valence-electron chi connectivity index (χ3n) is 1.89. The van der Waals surface area contributed by atoms with Crippen LogP contribution in [0.15, 0.2) is 12.5 Å². The Morgan fingerprint density at radius 2 is 2.24 bits per heavy atom. The molecule has 0 aliphatic heterocycles. The number of carbonyl (C=O) groups is 1. The van der Waals surface area contributed by atoms with E-state index in [4.69, 9.17) is 5.11 Å². The summed E-state index contributed by atoms with van der Waals surface area (Å²) in [7, 11) is 0. The highest BCUT2D eigenvalue weighted by Crippen LogP contribution is 2.28. The average Bonchev–Trinajstić information content (AvgIpc) is 2.59. The van der Waals surface area contributed by atoms with Crippen LogP contribution in [0.3, 0.4) is 0 Å². The van der Waals surface area contributed by atoms with Crippen molar-refractivity contribution in [2.45, 2.75) is 12.7 Å². The van der Waals surface area contributed by atoms with Crippen LogP contribution in [-0.2, 0) is 11.3 Å². The Morgan fingerprint density at radius 1 is 1.65 bits per heavy atom. The SMILES string of the molecule is O=C(O)C(Cn1cnc([N+](=O)[O-])c1)C(F)(F)F. The molecular weight excluding hydrogens is 247 g/mol. The van der Waals surface area contributed by atoms with E-state index in [2.05, 4.69) is 4.98 Å². The Balaban J connectivity index is 2.87. The van der Waals surface area contributed by atoms with Crippen molar-refractivity contribution < 1.29 is 28.0 Å². The molecule has 0 aliphatic carbocycles. The normalized spacial score (nSPS) is 13.4. The van der Waals surface area contributed by atoms with Crippen molar-refractivity contribution in [1.29, 1.82) is 0 Å². The van der Waals surface area contributed by atoms with Crippen molar-refractivity contribution in [2.75, 3.05) is 0 Å². The minimum Gasteiger partial charge on any atom is -0.481 e. The number of hydrogen-bond donors (Lipinski definition) is 1. The van der Waals surface area contributed by atoms with Gasteiger partial charge in [-0.1, -0.05) is 0 Å². The highest BCUT2D eigenvalue weighted by Gasteiger charge is 2.45. The lowest BCUT2D eigenvalue weighted by Crippen LogP contribution is -2.34. The maximum absolute atomic E-state index is 12.3. The van der Waals surface area contributed by atoms with Crippen molar-refractivity contribution in [2.24, 2.45) is 5.92 Å². The summed E-state index contributed by atoms with van der Waals surface area (Å²) in [5, 5.41) is 18.6. The van der Waals surface area contributed by atoms with E-state index in [1.165, 1.54) is 0 Å². The van der Waals surface area contributed by atoms with Gasteiger partial charge in [0.2, 0.25) is 6.33 Å². The predicted molar refractivity (Wildman–Crippen MR) is 46.1 cm³/mol. The molecule has 1 N–H and O–H groups in total. The number of aromatic nitrogens is 2. The van der Waals surface area contributed by atoms with Gasteiger partial charge in [-0.05, 0) is 9.91 Å². The summed E-state index contributed by atoms with van der Waals surface area (Å²) in [5.74, 6) is -5.32. The van der Waals surface area contributed by atoms with Crippen LogP contribution in [0.4, 0.5) is 19.0 Å². The number of carboxylic acids is 1. The summed E-state index contributed by atoms with van der Waals surface area (Å²) in [6.45, 7) is -0.959. The first kappa shape index (κ1) is 12.9. The maximum atomic E-state index is 12.3. The molecule has 0 saturated heterocycles. The number of alkyl halides is 3. The summed E-state index contributed by atoms with van der Waals surface area (Å²) in [6.07, 6.45) is -3.41. The third-order valence-corrected chi connectivity index (χ3v) is 1.89. The van der Waals surface area contributed by atoms with Crippen molar-refractivity contribution in [1.82, 2.24) is 9.55 Å². The number of aliphatic carboxylic acids is 1. The fraction of sp³-hybridized carbons (Fsp3) is 0.429. The summed E-state index contributed by atoms with van der Waals surface area (Å²) in [4.78, 5) is 23.0. The third kappa shape index (κ3) is 3.16. The first-order chi connectivity index (χ1) is 7.71. The van der Waals surface area contributed by atoms with E-state index in [0.29, 0.717) is 4.57 Å². The Kier molecular flexibility index (Phi) is 3.34. The molecule has 7 nitrogen and oxygen atoms in total. The molecule has 10 heteroatoms. The summed E-state index contributed by atoms with van der Waals surface area (Å²) in [5.41, 5.74) is 0. The van der Waals surface area contributed by atoms with Gasteiger partial charge in [0.1, 0.15) is 6.20 Å². The highest BCUT2D eigenvalue weighted by molar-refractivity contribution is 5.70. The van der Waals surface area contributed by atoms with E-state index >= 15 is 0 Å². The van der Waals surface area contributed by atoms with E-state index < -0.39 is 35.3 Å². The number of nitro groups is 1. The Hall–Kier alpha value is -2.13. The van der Waals surface area contributed by atoms with E-state index in [1.54, 1.807) is 0 Å². The predicted octanol–water partition coefficient (Wildman–Crippen LogP) is 1.05. The number of nitrogens with zero attached hydrogens (tertiary/aromatic N) is 3. The lowest BCUT2D eigenvalue weighted by Gasteiger charge is -2.15. The van der Waals surface area contributed by atoms with Gasteiger partial charge in [0.25, 0.3) is 0 Å². The largest absolute Gasteiger partial charge is 0.481 e. The molecule has 0 spiro atoms. The number of carboxylic acid groups (broad SMARTS) is 1. The van der Waals surface area contributed by atoms with Crippen LogP contribution in [0.25, 0.3) is 0 Å². The van der Waals surface area contributed by atoms with Gasteiger partial charge in [-0.15, -0.1) is 0 Å². The van der Waals surface area contributed by atoms with Crippen molar-refractivity contribution in [3.63, 3.8) is 0 Å². The molecule has 1 heterocycles. The topological polar surface area (TPSA) is 98.3 Å². The van der Waals surface area contributed by atoms with Crippen LogP contribution < -0.4 is 0 Å². The second kappa shape index (κ2) is 4.39. The summed E-state index contributed by atoms with van der Waals surface area (Å²) >= 11 is 0. The van der Waals surface area contributed by atoms with Crippen LogP contribution in [0.2, 0.25) is 0 Å². The van der Waals surface area contributed by atoms with Crippen molar-refractivity contribution in [3.05, 3.63) is 22.6 Å². The van der Waals surface area contributed by atoms with Crippen LogP contribution in [0.1, 0.15) is 0 Å². The monoisotopic (exact) mass is 253 g/mol. The van der Waals surface area contributed by atoms with E-state index in [-0.39, 0.29) is 0 Å². The zero-order chi connectivity index (χ0) is 13.2. The van der Waals surface area contributed by atoms with Gasteiger partial charge in [-0.3, -0.25) is 4.79 Å². The van der Waals surface area contributed by atoms with Gasteiger partial charge in [-0.2, -0.15) is 13.2 Å². The number of imidazole rings is 1. The van der Waals surface area contributed by atoms with Gasteiger partial charge >= 0.3 is 18.0 Å². The van der Waals surface area contributed by atoms with Gasteiger partial charge < -0.3 is 19.8 Å². The molecule has 0 fully saturated rings. The molecule has 0 radical (unpaired) electrons. The summed E-state index contributed by atoms with van der Waals surface area (Å²) in [6, 6.07) is 0. The Labute approximate surface area is 91.6 Å². The molecule has 1 atom stereocenters. The van der Waals surface area contributed by atoms with Gasteiger partial charge in [-0.25, -0.2) is 0 Å². The number of halogens is 3. The molecule has 0 bridgehead atoms. The van der Waals surface area contributed by atoms with E-state index in [0.717, 1.165) is 12.5 Å². The first-order valence-corrected chi connectivity index (χ1v) is 4.17. The number of hydrogen-bond acceptors (Lipinski definition) is 4. The molecule has 17 heavy (non-hydrogen) atoms. The van der Waals surface area contributed by atoms with Crippen LogP contribution >= 0.6 is 0 Å². The van der Waals surface area contributed by atoms with Gasteiger partial charge in [0.15, 0.2) is 5.92 Å². The molecule has 0 aliphatic rings. The minimum atomic E-state index is -4.93. The van der Waals surface area contributed by atoms with Gasteiger partial charge in [0, 0.05) is 6.54 Å². The molecule has 1 aromatic heterocycles. The quantitative estimate of drug-likeness (QED) is 0.638. The molecule has 1 aromatic rings.